The zero-order valence-corrected chi connectivity index (χ0v) is 11.8. The molecule has 1 unspecified atom stereocenters. The number of hydrogen-bond donors (Lipinski definition) is 1. The van der Waals surface area contributed by atoms with Crippen molar-refractivity contribution < 1.29 is 14.3 Å². The molecule has 1 heterocycles. The van der Waals surface area contributed by atoms with Gasteiger partial charge in [0.15, 0.2) is 0 Å². The number of carboxylic acids is 1. The molecule has 1 aromatic carbocycles. The first-order chi connectivity index (χ1) is 9.99. The maximum absolute atomic E-state index is 13.7. The van der Waals surface area contributed by atoms with E-state index in [1.165, 1.54) is 12.3 Å². The van der Waals surface area contributed by atoms with Crippen molar-refractivity contribution in [2.45, 2.75) is 12.3 Å². The number of hydrogen-bond acceptors (Lipinski definition) is 4. The molecule has 0 bridgehead atoms. The van der Waals surface area contributed by atoms with Gasteiger partial charge in [-0.05, 0) is 24.1 Å². The third-order valence-corrected chi connectivity index (χ3v) is 3.10. The van der Waals surface area contributed by atoms with Gasteiger partial charge in [0.25, 0.3) is 0 Å². The monoisotopic (exact) mass is 289 g/mol. The summed E-state index contributed by atoms with van der Waals surface area (Å²) < 4.78 is 13.7. The Hall–Kier alpha value is -2.50. The van der Waals surface area contributed by atoms with Crippen molar-refractivity contribution in [2.24, 2.45) is 0 Å². The summed E-state index contributed by atoms with van der Waals surface area (Å²) in [4.78, 5) is 21.5. The zero-order chi connectivity index (χ0) is 15.4. The Morgan fingerprint density at radius 2 is 2.05 bits per heavy atom. The quantitative estimate of drug-likeness (QED) is 0.913. The fourth-order valence-electron chi connectivity index (χ4n) is 1.97. The van der Waals surface area contributed by atoms with Crippen molar-refractivity contribution in [1.29, 1.82) is 0 Å². The van der Waals surface area contributed by atoms with Crippen LogP contribution in [0.15, 0.2) is 36.5 Å². The standard InChI is InChI=1S/C15H16FN3O2/c1-19(2)15-17-8-7-13(18-15)11(14(20)21)9-10-5-3-4-6-12(10)16/h3-8,11H,9H2,1-2H3,(H,20,21). The minimum atomic E-state index is -1.04. The fraction of sp³-hybridized carbons (Fsp3) is 0.267. The highest BCUT2D eigenvalue weighted by molar-refractivity contribution is 5.76. The smallest absolute Gasteiger partial charge is 0.312 e. The van der Waals surface area contributed by atoms with Crippen molar-refractivity contribution in [3.63, 3.8) is 0 Å². The van der Waals surface area contributed by atoms with Gasteiger partial charge in [0, 0.05) is 20.3 Å². The number of halogens is 1. The summed E-state index contributed by atoms with van der Waals surface area (Å²) in [5, 5.41) is 9.41. The van der Waals surface area contributed by atoms with E-state index in [4.69, 9.17) is 0 Å². The van der Waals surface area contributed by atoms with Gasteiger partial charge in [-0.15, -0.1) is 0 Å². The van der Waals surface area contributed by atoms with Crippen LogP contribution in [0, 0.1) is 5.82 Å². The van der Waals surface area contributed by atoms with E-state index in [1.54, 1.807) is 43.3 Å². The second kappa shape index (κ2) is 6.30. The highest BCUT2D eigenvalue weighted by Gasteiger charge is 2.23. The molecule has 0 aliphatic heterocycles. The van der Waals surface area contributed by atoms with Gasteiger partial charge >= 0.3 is 5.97 Å². The largest absolute Gasteiger partial charge is 0.481 e. The molecule has 5 nitrogen and oxygen atoms in total. The van der Waals surface area contributed by atoms with Gasteiger partial charge in [-0.3, -0.25) is 4.79 Å². The highest BCUT2D eigenvalue weighted by Crippen LogP contribution is 2.22. The minimum Gasteiger partial charge on any atom is -0.481 e. The first-order valence-corrected chi connectivity index (χ1v) is 6.45. The Bertz CT molecular complexity index is 646. The molecule has 2 rings (SSSR count). The summed E-state index contributed by atoms with van der Waals surface area (Å²) in [5.41, 5.74) is 0.722. The summed E-state index contributed by atoms with van der Waals surface area (Å²) in [5.74, 6) is -1.94. The van der Waals surface area contributed by atoms with Crippen molar-refractivity contribution >= 4 is 11.9 Å². The Morgan fingerprint density at radius 3 is 2.67 bits per heavy atom. The van der Waals surface area contributed by atoms with Gasteiger partial charge in [0.1, 0.15) is 11.7 Å². The molecule has 0 fully saturated rings. The number of carbonyl (C=O) groups is 1. The topological polar surface area (TPSA) is 66.3 Å². The van der Waals surface area contributed by atoms with Crippen molar-refractivity contribution in [3.8, 4) is 0 Å². The van der Waals surface area contributed by atoms with E-state index >= 15 is 0 Å². The second-order valence-corrected chi connectivity index (χ2v) is 4.86. The number of nitrogens with zero attached hydrogens (tertiary/aromatic N) is 3. The molecule has 0 radical (unpaired) electrons. The maximum atomic E-state index is 13.7. The average Bonchev–Trinajstić information content (AvgIpc) is 2.46. The predicted molar refractivity (Wildman–Crippen MR) is 76.8 cm³/mol. The van der Waals surface area contributed by atoms with Gasteiger partial charge in [-0.25, -0.2) is 14.4 Å². The van der Waals surface area contributed by atoms with Crippen molar-refractivity contribution in [1.82, 2.24) is 9.97 Å². The average molecular weight is 289 g/mol. The van der Waals surface area contributed by atoms with E-state index in [2.05, 4.69) is 9.97 Å². The highest BCUT2D eigenvalue weighted by atomic mass is 19.1. The summed E-state index contributed by atoms with van der Waals surface area (Å²) in [6.07, 6.45) is 1.56. The van der Waals surface area contributed by atoms with Crippen LogP contribution in [-0.4, -0.2) is 35.1 Å². The molecule has 0 amide bonds. The van der Waals surface area contributed by atoms with E-state index in [0.717, 1.165) is 0 Å². The molecule has 1 N–H and O–H groups in total. The van der Waals surface area contributed by atoms with Crippen LogP contribution in [0.1, 0.15) is 17.2 Å². The number of aromatic nitrogens is 2. The summed E-state index contributed by atoms with van der Waals surface area (Å²) in [6.45, 7) is 0. The van der Waals surface area contributed by atoms with Crippen LogP contribution >= 0.6 is 0 Å². The third-order valence-electron chi connectivity index (χ3n) is 3.10. The van der Waals surface area contributed by atoms with Crippen LogP contribution in [0.25, 0.3) is 0 Å². The normalized spacial score (nSPS) is 12.0. The lowest BCUT2D eigenvalue weighted by molar-refractivity contribution is -0.138. The molecule has 21 heavy (non-hydrogen) atoms. The lowest BCUT2D eigenvalue weighted by Crippen LogP contribution is -2.19. The van der Waals surface area contributed by atoms with Crippen LogP contribution in [0.2, 0.25) is 0 Å². The molecule has 2 aromatic rings. The van der Waals surface area contributed by atoms with Gasteiger partial charge < -0.3 is 10.0 Å². The van der Waals surface area contributed by atoms with Gasteiger partial charge in [-0.1, -0.05) is 18.2 Å². The molecule has 1 atom stereocenters. The van der Waals surface area contributed by atoms with Gasteiger partial charge in [0.2, 0.25) is 5.95 Å². The molecular formula is C15H16FN3O2. The van der Waals surface area contributed by atoms with E-state index < -0.39 is 17.7 Å². The molecule has 0 spiro atoms. The Balaban J connectivity index is 2.34. The molecule has 0 saturated carbocycles. The lowest BCUT2D eigenvalue weighted by atomic mass is 9.96. The minimum absolute atomic E-state index is 0.0475. The maximum Gasteiger partial charge on any atom is 0.312 e. The Labute approximate surface area is 122 Å². The van der Waals surface area contributed by atoms with Crippen LogP contribution in [0.3, 0.4) is 0 Å². The number of aliphatic carboxylic acids is 1. The van der Waals surface area contributed by atoms with Crippen molar-refractivity contribution in [2.75, 3.05) is 19.0 Å². The first-order valence-electron chi connectivity index (χ1n) is 6.45. The third kappa shape index (κ3) is 3.53. The number of rotatable bonds is 5. The number of carboxylic acid groups (broad SMARTS) is 1. The number of benzene rings is 1. The van der Waals surface area contributed by atoms with Crippen LogP contribution in [-0.2, 0) is 11.2 Å². The van der Waals surface area contributed by atoms with E-state index in [9.17, 15) is 14.3 Å². The molecule has 110 valence electrons. The number of anilines is 1. The molecule has 0 aliphatic rings. The molecule has 0 saturated heterocycles. The van der Waals surface area contributed by atoms with Gasteiger partial charge in [0.05, 0.1) is 5.69 Å². The van der Waals surface area contributed by atoms with E-state index in [0.29, 0.717) is 17.2 Å². The first kappa shape index (κ1) is 14.9. The molecule has 6 heteroatoms. The van der Waals surface area contributed by atoms with Crippen molar-refractivity contribution in [3.05, 3.63) is 53.6 Å². The van der Waals surface area contributed by atoms with Crippen LogP contribution in [0.5, 0.6) is 0 Å². The summed E-state index contributed by atoms with van der Waals surface area (Å²) in [6, 6.07) is 7.71. The lowest BCUT2D eigenvalue weighted by Gasteiger charge is -2.15. The predicted octanol–water partition coefficient (Wildman–Crippen LogP) is 2.09. The second-order valence-electron chi connectivity index (χ2n) is 4.86. The molecular weight excluding hydrogens is 273 g/mol. The zero-order valence-electron chi connectivity index (χ0n) is 11.8. The fourth-order valence-corrected chi connectivity index (χ4v) is 1.97. The summed E-state index contributed by atoms with van der Waals surface area (Å²) in [7, 11) is 3.54. The Kier molecular flexibility index (Phi) is 4.47. The van der Waals surface area contributed by atoms with Crippen LogP contribution < -0.4 is 4.90 Å². The Morgan fingerprint density at radius 1 is 1.33 bits per heavy atom. The van der Waals surface area contributed by atoms with Gasteiger partial charge in [-0.2, -0.15) is 0 Å². The van der Waals surface area contributed by atoms with Crippen LogP contribution in [0.4, 0.5) is 10.3 Å². The van der Waals surface area contributed by atoms with E-state index in [1.807, 2.05) is 0 Å². The van der Waals surface area contributed by atoms with E-state index in [-0.39, 0.29) is 6.42 Å². The molecule has 0 aliphatic carbocycles. The molecule has 1 aromatic heterocycles. The summed E-state index contributed by atoms with van der Waals surface area (Å²) >= 11 is 0. The SMILES string of the molecule is CN(C)c1nccc(C(Cc2ccccc2F)C(=O)O)n1.